The smallest absolute Gasteiger partial charge is 0.0879 e. The molecule has 4 heteroatoms. The third-order valence-corrected chi connectivity index (χ3v) is 3.95. The zero-order valence-electron chi connectivity index (χ0n) is 12.6. The Morgan fingerprint density at radius 1 is 1.25 bits per heavy atom. The first kappa shape index (κ1) is 15.1. The summed E-state index contributed by atoms with van der Waals surface area (Å²) in [5.74, 6) is 0. The lowest BCUT2D eigenvalue weighted by Crippen LogP contribution is -2.15. The van der Waals surface area contributed by atoms with Crippen LogP contribution >= 0.6 is 11.6 Å². The van der Waals surface area contributed by atoms with Crippen LogP contribution < -0.4 is 5.32 Å². The van der Waals surface area contributed by atoms with Gasteiger partial charge in [0.15, 0.2) is 0 Å². The molecule has 0 fully saturated rings. The number of rotatable bonds is 5. The first-order valence-corrected chi connectivity index (χ1v) is 7.51. The van der Waals surface area contributed by atoms with E-state index in [-0.39, 0.29) is 0 Å². The van der Waals surface area contributed by atoms with Crippen molar-refractivity contribution in [3.8, 4) is 5.69 Å². The molecule has 20 heavy (non-hydrogen) atoms. The molecule has 0 aliphatic rings. The van der Waals surface area contributed by atoms with Crippen molar-refractivity contribution < 1.29 is 0 Å². The van der Waals surface area contributed by atoms with Crippen LogP contribution in [0.5, 0.6) is 0 Å². The van der Waals surface area contributed by atoms with Crippen molar-refractivity contribution in [3.05, 3.63) is 45.7 Å². The van der Waals surface area contributed by atoms with Crippen LogP contribution in [0.25, 0.3) is 5.69 Å². The largest absolute Gasteiger partial charge is 0.313 e. The Hall–Kier alpha value is -1.32. The van der Waals surface area contributed by atoms with Gasteiger partial charge in [-0.05, 0) is 44.0 Å². The van der Waals surface area contributed by atoms with E-state index in [0.29, 0.717) is 0 Å². The molecule has 0 aliphatic heterocycles. The third-order valence-electron chi connectivity index (χ3n) is 3.64. The summed E-state index contributed by atoms with van der Waals surface area (Å²) in [5.41, 5.74) is 5.73. The SMILES string of the molecule is CCNCc1cccc(Cl)c1-n1nc(C)c(CC)c1C. The number of aryl methyl sites for hydroxylation is 1. The molecule has 1 N–H and O–H groups in total. The topological polar surface area (TPSA) is 29.9 Å². The third kappa shape index (κ3) is 2.74. The predicted octanol–water partition coefficient (Wildman–Crippen LogP) is 3.81. The van der Waals surface area contributed by atoms with E-state index in [4.69, 9.17) is 11.6 Å². The number of benzene rings is 1. The van der Waals surface area contributed by atoms with Gasteiger partial charge in [0.05, 0.1) is 16.4 Å². The molecule has 2 rings (SSSR count). The molecule has 0 spiro atoms. The van der Waals surface area contributed by atoms with Crippen LogP contribution in [0.3, 0.4) is 0 Å². The zero-order chi connectivity index (χ0) is 14.7. The average Bonchev–Trinajstić information content (AvgIpc) is 2.71. The first-order valence-electron chi connectivity index (χ1n) is 7.13. The minimum absolute atomic E-state index is 0.744. The highest BCUT2D eigenvalue weighted by Gasteiger charge is 2.16. The molecule has 1 heterocycles. The van der Waals surface area contributed by atoms with E-state index < -0.39 is 0 Å². The summed E-state index contributed by atoms with van der Waals surface area (Å²) in [6.07, 6.45) is 0.991. The molecule has 0 unspecified atom stereocenters. The number of hydrogen-bond acceptors (Lipinski definition) is 2. The minimum Gasteiger partial charge on any atom is -0.313 e. The number of aromatic nitrogens is 2. The molecule has 3 nitrogen and oxygen atoms in total. The van der Waals surface area contributed by atoms with Crippen LogP contribution in [0, 0.1) is 13.8 Å². The van der Waals surface area contributed by atoms with Crippen molar-refractivity contribution in [2.24, 2.45) is 0 Å². The van der Waals surface area contributed by atoms with E-state index >= 15 is 0 Å². The van der Waals surface area contributed by atoms with Crippen molar-refractivity contribution in [2.75, 3.05) is 6.54 Å². The van der Waals surface area contributed by atoms with E-state index in [2.05, 4.69) is 44.2 Å². The van der Waals surface area contributed by atoms with Gasteiger partial charge in [0.25, 0.3) is 0 Å². The fourth-order valence-electron chi connectivity index (χ4n) is 2.60. The molecule has 2 aromatic rings. The molecule has 0 saturated heterocycles. The number of nitrogens with one attached hydrogen (secondary N) is 1. The van der Waals surface area contributed by atoms with Crippen LogP contribution in [0.4, 0.5) is 0 Å². The summed E-state index contributed by atoms with van der Waals surface area (Å²) < 4.78 is 1.99. The Morgan fingerprint density at radius 2 is 2.00 bits per heavy atom. The van der Waals surface area contributed by atoms with Gasteiger partial charge in [0.1, 0.15) is 0 Å². The fourth-order valence-corrected chi connectivity index (χ4v) is 2.88. The van der Waals surface area contributed by atoms with Crippen LogP contribution in [0.2, 0.25) is 5.02 Å². The average molecular weight is 292 g/mol. The summed E-state index contributed by atoms with van der Waals surface area (Å²) >= 11 is 6.43. The van der Waals surface area contributed by atoms with Gasteiger partial charge >= 0.3 is 0 Å². The molecule has 0 radical (unpaired) electrons. The monoisotopic (exact) mass is 291 g/mol. The molecule has 1 aromatic carbocycles. The number of para-hydroxylation sites is 1. The highest BCUT2D eigenvalue weighted by Crippen LogP contribution is 2.27. The van der Waals surface area contributed by atoms with E-state index in [1.807, 2.05) is 16.8 Å². The van der Waals surface area contributed by atoms with Gasteiger partial charge in [-0.2, -0.15) is 5.10 Å². The number of nitrogens with zero attached hydrogens (tertiary/aromatic N) is 2. The second-order valence-corrected chi connectivity index (χ2v) is 5.35. The molecular formula is C16H22ClN3. The molecule has 0 saturated carbocycles. The lowest BCUT2D eigenvalue weighted by molar-refractivity contribution is 0.713. The van der Waals surface area contributed by atoms with Gasteiger partial charge in [0, 0.05) is 12.2 Å². The maximum Gasteiger partial charge on any atom is 0.0879 e. The van der Waals surface area contributed by atoms with Gasteiger partial charge in [-0.3, -0.25) is 0 Å². The van der Waals surface area contributed by atoms with Crippen LogP contribution in [-0.2, 0) is 13.0 Å². The Labute approximate surface area is 126 Å². The lowest BCUT2D eigenvalue weighted by atomic mass is 10.1. The maximum absolute atomic E-state index is 6.43. The summed E-state index contributed by atoms with van der Waals surface area (Å²) in [4.78, 5) is 0. The lowest BCUT2D eigenvalue weighted by Gasteiger charge is -2.13. The zero-order valence-corrected chi connectivity index (χ0v) is 13.4. The Balaban J connectivity index is 2.57. The van der Waals surface area contributed by atoms with Crippen molar-refractivity contribution in [2.45, 2.75) is 40.7 Å². The van der Waals surface area contributed by atoms with Crippen molar-refractivity contribution >= 4 is 11.6 Å². The number of hydrogen-bond donors (Lipinski definition) is 1. The van der Waals surface area contributed by atoms with Crippen LogP contribution in [0.1, 0.15) is 36.4 Å². The Kier molecular flexibility index (Phi) is 4.84. The normalized spacial score (nSPS) is 11.1. The van der Waals surface area contributed by atoms with Gasteiger partial charge in [-0.25, -0.2) is 4.68 Å². The summed E-state index contributed by atoms with van der Waals surface area (Å²) in [6, 6.07) is 6.02. The van der Waals surface area contributed by atoms with E-state index in [1.165, 1.54) is 16.8 Å². The quantitative estimate of drug-likeness (QED) is 0.908. The second-order valence-electron chi connectivity index (χ2n) is 4.94. The molecule has 0 atom stereocenters. The minimum atomic E-state index is 0.744. The van der Waals surface area contributed by atoms with Crippen LogP contribution in [-0.4, -0.2) is 16.3 Å². The van der Waals surface area contributed by atoms with Crippen molar-refractivity contribution in [1.82, 2.24) is 15.1 Å². The molecule has 1 aromatic heterocycles. The molecule has 0 amide bonds. The molecule has 108 valence electrons. The van der Waals surface area contributed by atoms with Crippen LogP contribution in [0.15, 0.2) is 18.2 Å². The second kappa shape index (κ2) is 6.42. The summed E-state index contributed by atoms with van der Waals surface area (Å²) in [7, 11) is 0. The van der Waals surface area contributed by atoms with E-state index in [9.17, 15) is 0 Å². The molecule has 0 bridgehead atoms. The standard InChI is InChI=1S/C16H22ClN3/c1-5-14-11(3)19-20(12(14)4)16-13(10-18-6-2)8-7-9-15(16)17/h7-9,18H,5-6,10H2,1-4H3. The van der Waals surface area contributed by atoms with Gasteiger partial charge < -0.3 is 5.32 Å². The fraction of sp³-hybridized carbons (Fsp3) is 0.438. The van der Waals surface area contributed by atoms with E-state index in [0.717, 1.165) is 35.9 Å². The van der Waals surface area contributed by atoms with Crippen molar-refractivity contribution in [1.29, 1.82) is 0 Å². The predicted molar refractivity (Wildman–Crippen MR) is 84.8 cm³/mol. The van der Waals surface area contributed by atoms with E-state index in [1.54, 1.807) is 0 Å². The molecular weight excluding hydrogens is 270 g/mol. The summed E-state index contributed by atoms with van der Waals surface area (Å²) in [5, 5.41) is 8.79. The Morgan fingerprint density at radius 3 is 2.60 bits per heavy atom. The van der Waals surface area contributed by atoms with Crippen molar-refractivity contribution in [3.63, 3.8) is 0 Å². The first-order chi connectivity index (χ1) is 9.60. The van der Waals surface area contributed by atoms with Gasteiger partial charge in [0.2, 0.25) is 0 Å². The van der Waals surface area contributed by atoms with Gasteiger partial charge in [-0.1, -0.05) is 37.6 Å². The Bertz CT molecular complexity index is 602. The van der Waals surface area contributed by atoms with Gasteiger partial charge in [-0.15, -0.1) is 0 Å². The highest BCUT2D eigenvalue weighted by molar-refractivity contribution is 6.32. The summed E-state index contributed by atoms with van der Waals surface area (Å²) in [6.45, 7) is 10.2. The highest BCUT2D eigenvalue weighted by atomic mass is 35.5. The number of halogens is 1. The molecule has 0 aliphatic carbocycles. The maximum atomic E-state index is 6.43.